The van der Waals surface area contributed by atoms with Gasteiger partial charge in [0.25, 0.3) is 0 Å². The van der Waals surface area contributed by atoms with Gasteiger partial charge in [-0.15, -0.1) is 0 Å². The fraction of sp³-hybridized carbons (Fsp3) is 0.714. The van der Waals surface area contributed by atoms with E-state index >= 15 is 0 Å². The molecule has 0 amide bonds. The second-order valence-electron chi connectivity index (χ2n) is 4.32. The lowest BCUT2D eigenvalue weighted by molar-refractivity contribution is 0.0705. The van der Waals surface area contributed by atoms with Crippen molar-refractivity contribution >= 4 is 11.6 Å². The summed E-state index contributed by atoms with van der Waals surface area (Å²) >= 11 is 0. The minimum absolute atomic E-state index is 0.644. The van der Waals surface area contributed by atoms with Crippen LogP contribution in [0.5, 0.6) is 0 Å². The largest absolute Gasteiger partial charge is 0.382 e. The minimum Gasteiger partial charge on any atom is -0.382 e. The Bertz CT molecular complexity index is 374. The Morgan fingerprint density at radius 2 is 1.80 bits per heavy atom. The molecule has 0 aliphatic heterocycles. The number of nitrogens with one attached hydrogen (secondary N) is 2. The van der Waals surface area contributed by atoms with Gasteiger partial charge in [0.15, 0.2) is 0 Å². The van der Waals surface area contributed by atoms with Gasteiger partial charge >= 0.3 is 0 Å². The average Bonchev–Trinajstić information content (AvgIpc) is 2.47. The predicted molar refractivity (Wildman–Crippen MR) is 81.4 cm³/mol. The van der Waals surface area contributed by atoms with Gasteiger partial charge in [0.05, 0.1) is 13.2 Å². The molecule has 0 atom stereocenters. The van der Waals surface area contributed by atoms with E-state index in [0.717, 1.165) is 49.7 Å². The topological polar surface area (TPSA) is 68.3 Å². The monoisotopic (exact) mass is 282 g/mol. The van der Waals surface area contributed by atoms with Gasteiger partial charge in [-0.2, -0.15) is 0 Å². The fourth-order valence-electron chi connectivity index (χ4n) is 1.84. The Labute approximate surface area is 121 Å². The molecule has 1 aromatic heterocycles. The molecule has 20 heavy (non-hydrogen) atoms. The Hall–Kier alpha value is -1.40. The number of nitrogens with zero attached hydrogens (tertiary/aromatic N) is 2. The highest BCUT2D eigenvalue weighted by molar-refractivity contribution is 5.57. The van der Waals surface area contributed by atoms with Gasteiger partial charge in [0.2, 0.25) is 0 Å². The summed E-state index contributed by atoms with van der Waals surface area (Å²) < 4.78 is 10.3. The SMILES string of the molecule is CCNc1ncnc(NCCCOCCOC)c1CC. The van der Waals surface area contributed by atoms with Crippen molar-refractivity contribution in [1.29, 1.82) is 0 Å². The van der Waals surface area contributed by atoms with E-state index in [0.29, 0.717) is 13.2 Å². The van der Waals surface area contributed by atoms with Crippen molar-refractivity contribution in [2.45, 2.75) is 26.7 Å². The van der Waals surface area contributed by atoms with E-state index in [1.165, 1.54) is 0 Å². The molecular weight excluding hydrogens is 256 g/mol. The van der Waals surface area contributed by atoms with Gasteiger partial charge in [-0.05, 0) is 19.8 Å². The lowest BCUT2D eigenvalue weighted by Gasteiger charge is -2.13. The number of rotatable bonds is 11. The van der Waals surface area contributed by atoms with Crippen LogP contribution in [0.2, 0.25) is 0 Å². The highest BCUT2D eigenvalue weighted by Crippen LogP contribution is 2.19. The molecule has 2 N–H and O–H groups in total. The standard InChI is InChI=1S/C14H26N4O2/c1-4-12-13(15-5-2)17-11-18-14(12)16-7-6-8-20-10-9-19-3/h11H,4-10H2,1-3H3,(H2,15,16,17,18). The van der Waals surface area contributed by atoms with E-state index in [1.54, 1.807) is 13.4 Å². The van der Waals surface area contributed by atoms with Gasteiger partial charge in [0, 0.05) is 32.4 Å². The smallest absolute Gasteiger partial charge is 0.134 e. The van der Waals surface area contributed by atoms with E-state index in [4.69, 9.17) is 9.47 Å². The van der Waals surface area contributed by atoms with E-state index in [-0.39, 0.29) is 0 Å². The molecule has 0 saturated heterocycles. The maximum atomic E-state index is 5.42. The molecule has 0 fully saturated rings. The zero-order chi connectivity index (χ0) is 14.6. The average molecular weight is 282 g/mol. The van der Waals surface area contributed by atoms with Crippen LogP contribution in [0.3, 0.4) is 0 Å². The van der Waals surface area contributed by atoms with E-state index in [2.05, 4.69) is 34.4 Å². The van der Waals surface area contributed by atoms with Crippen molar-refractivity contribution < 1.29 is 9.47 Å². The fourth-order valence-corrected chi connectivity index (χ4v) is 1.84. The molecule has 0 aromatic carbocycles. The van der Waals surface area contributed by atoms with Crippen LogP contribution in [0.4, 0.5) is 11.6 Å². The van der Waals surface area contributed by atoms with Gasteiger partial charge < -0.3 is 20.1 Å². The predicted octanol–water partition coefficient (Wildman–Crippen LogP) is 1.94. The van der Waals surface area contributed by atoms with E-state index in [1.807, 2.05) is 0 Å². The lowest BCUT2D eigenvalue weighted by atomic mass is 10.2. The van der Waals surface area contributed by atoms with Crippen molar-refractivity contribution in [3.63, 3.8) is 0 Å². The van der Waals surface area contributed by atoms with Crippen LogP contribution in [-0.2, 0) is 15.9 Å². The summed E-state index contributed by atoms with van der Waals surface area (Å²) in [6, 6.07) is 0. The molecule has 0 radical (unpaired) electrons. The summed E-state index contributed by atoms with van der Waals surface area (Å²) in [6.45, 7) is 7.88. The van der Waals surface area contributed by atoms with Crippen molar-refractivity contribution in [1.82, 2.24) is 9.97 Å². The molecule has 0 bridgehead atoms. The number of hydrogen-bond acceptors (Lipinski definition) is 6. The molecule has 6 nitrogen and oxygen atoms in total. The van der Waals surface area contributed by atoms with E-state index in [9.17, 15) is 0 Å². The van der Waals surface area contributed by atoms with Gasteiger partial charge in [0.1, 0.15) is 18.0 Å². The number of hydrogen-bond donors (Lipinski definition) is 2. The maximum Gasteiger partial charge on any atom is 0.134 e. The summed E-state index contributed by atoms with van der Waals surface area (Å²) in [5.41, 5.74) is 1.13. The molecule has 0 aliphatic carbocycles. The van der Waals surface area contributed by atoms with Crippen molar-refractivity contribution in [3.05, 3.63) is 11.9 Å². The summed E-state index contributed by atoms with van der Waals surface area (Å²) in [6.07, 6.45) is 3.43. The molecular formula is C14H26N4O2. The Kier molecular flexibility index (Phi) is 8.66. The van der Waals surface area contributed by atoms with Crippen LogP contribution in [0.25, 0.3) is 0 Å². The molecule has 1 aromatic rings. The third kappa shape index (κ3) is 5.71. The van der Waals surface area contributed by atoms with Crippen LogP contribution < -0.4 is 10.6 Å². The molecule has 0 saturated carbocycles. The van der Waals surface area contributed by atoms with Crippen LogP contribution in [0, 0.1) is 0 Å². The summed E-state index contributed by atoms with van der Waals surface area (Å²) in [7, 11) is 1.67. The zero-order valence-electron chi connectivity index (χ0n) is 12.7. The Morgan fingerprint density at radius 1 is 1.05 bits per heavy atom. The van der Waals surface area contributed by atoms with Crippen LogP contribution in [0.1, 0.15) is 25.8 Å². The van der Waals surface area contributed by atoms with Crippen molar-refractivity contribution in [2.75, 3.05) is 50.7 Å². The number of ether oxygens (including phenoxy) is 2. The van der Waals surface area contributed by atoms with Gasteiger partial charge in [-0.25, -0.2) is 9.97 Å². The molecule has 1 heterocycles. The van der Waals surface area contributed by atoms with Crippen molar-refractivity contribution in [3.8, 4) is 0 Å². The second kappa shape index (κ2) is 10.4. The molecule has 114 valence electrons. The third-order valence-electron chi connectivity index (χ3n) is 2.83. The number of aromatic nitrogens is 2. The number of anilines is 2. The molecule has 1 rings (SSSR count). The van der Waals surface area contributed by atoms with Gasteiger partial charge in [-0.3, -0.25) is 0 Å². The first-order valence-electron chi connectivity index (χ1n) is 7.21. The molecule has 0 spiro atoms. The summed E-state index contributed by atoms with van der Waals surface area (Å²) in [5.74, 6) is 1.83. The first-order chi connectivity index (χ1) is 9.83. The van der Waals surface area contributed by atoms with Gasteiger partial charge in [-0.1, -0.05) is 6.92 Å². The minimum atomic E-state index is 0.644. The maximum absolute atomic E-state index is 5.42. The highest BCUT2D eigenvalue weighted by Gasteiger charge is 2.08. The lowest BCUT2D eigenvalue weighted by Crippen LogP contribution is -2.12. The summed E-state index contributed by atoms with van der Waals surface area (Å²) in [4.78, 5) is 8.59. The first kappa shape index (κ1) is 16.7. The zero-order valence-corrected chi connectivity index (χ0v) is 12.7. The quantitative estimate of drug-likeness (QED) is 0.605. The Morgan fingerprint density at radius 3 is 2.45 bits per heavy atom. The van der Waals surface area contributed by atoms with Crippen LogP contribution in [-0.4, -0.2) is 50.0 Å². The molecule has 6 heteroatoms. The second-order valence-corrected chi connectivity index (χ2v) is 4.32. The Balaban J connectivity index is 2.37. The highest BCUT2D eigenvalue weighted by atomic mass is 16.5. The third-order valence-corrected chi connectivity index (χ3v) is 2.83. The molecule has 0 aliphatic rings. The van der Waals surface area contributed by atoms with Crippen LogP contribution >= 0.6 is 0 Å². The normalized spacial score (nSPS) is 10.6. The molecule has 0 unspecified atom stereocenters. The van der Waals surface area contributed by atoms with E-state index < -0.39 is 0 Å². The number of methoxy groups -OCH3 is 1. The summed E-state index contributed by atoms with van der Waals surface area (Å²) in [5, 5.41) is 6.61. The van der Waals surface area contributed by atoms with Crippen LogP contribution in [0.15, 0.2) is 6.33 Å². The van der Waals surface area contributed by atoms with Crippen molar-refractivity contribution in [2.24, 2.45) is 0 Å². The first-order valence-corrected chi connectivity index (χ1v) is 7.21.